The van der Waals surface area contributed by atoms with Crippen LogP contribution in [0.4, 0.5) is 10.1 Å². The van der Waals surface area contributed by atoms with Crippen LogP contribution in [0.1, 0.15) is 17.3 Å². The summed E-state index contributed by atoms with van der Waals surface area (Å²) in [6, 6.07) is 7.61. The second-order valence-corrected chi connectivity index (χ2v) is 8.75. The number of benzene rings is 2. The van der Waals surface area contributed by atoms with Crippen molar-refractivity contribution in [3.63, 3.8) is 0 Å². The molecule has 0 saturated carbocycles. The maximum atomic E-state index is 13.8. The molecule has 0 unspecified atom stereocenters. The lowest BCUT2D eigenvalue weighted by Gasteiger charge is -2.31. The molecule has 1 amide bonds. The van der Waals surface area contributed by atoms with Crippen molar-refractivity contribution in [1.82, 2.24) is 4.90 Å². The monoisotopic (exact) mass is 446 g/mol. The van der Waals surface area contributed by atoms with Crippen molar-refractivity contribution in [3.05, 3.63) is 57.8 Å². The Hall–Kier alpha value is -1.87. The third kappa shape index (κ3) is 4.41. The van der Waals surface area contributed by atoms with Gasteiger partial charge in [-0.05, 0) is 31.2 Å². The zero-order valence-electron chi connectivity index (χ0n) is 14.8. The number of carbonyl (C=O) groups is 1. The molecule has 3 rings (SSSR count). The molecule has 1 N–H and O–H groups in total. The van der Waals surface area contributed by atoms with Crippen molar-refractivity contribution in [2.75, 3.05) is 24.4 Å². The Morgan fingerprint density at radius 1 is 1.25 bits per heavy atom. The van der Waals surface area contributed by atoms with E-state index in [0.717, 1.165) is 12.1 Å². The van der Waals surface area contributed by atoms with Crippen LogP contribution < -0.4 is 4.72 Å². The minimum atomic E-state index is -4.26. The quantitative estimate of drug-likeness (QED) is 0.774. The maximum Gasteiger partial charge on any atom is 0.263 e. The molecule has 10 heteroatoms. The topological polar surface area (TPSA) is 75.7 Å². The fourth-order valence-electron chi connectivity index (χ4n) is 2.82. The Kier molecular flexibility index (Phi) is 6.14. The highest BCUT2D eigenvalue weighted by atomic mass is 35.5. The van der Waals surface area contributed by atoms with Gasteiger partial charge in [-0.3, -0.25) is 9.52 Å². The number of sulfonamides is 1. The molecule has 1 heterocycles. The summed E-state index contributed by atoms with van der Waals surface area (Å²) in [6.45, 7) is 2.92. The molecule has 0 bridgehead atoms. The molecule has 6 nitrogen and oxygen atoms in total. The number of nitrogens with zero attached hydrogens (tertiary/aromatic N) is 1. The second-order valence-electron chi connectivity index (χ2n) is 6.28. The van der Waals surface area contributed by atoms with Crippen LogP contribution >= 0.6 is 23.2 Å². The van der Waals surface area contributed by atoms with E-state index < -0.39 is 21.7 Å². The third-order valence-corrected chi connectivity index (χ3v) is 6.33. The van der Waals surface area contributed by atoms with E-state index in [-0.39, 0.29) is 32.3 Å². The van der Waals surface area contributed by atoms with Crippen LogP contribution in [-0.4, -0.2) is 45.0 Å². The van der Waals surface area contributed by atoms with E-state index >= 15 is 0 Å². The first-order chi connectivity index (χ1) is 13.2. The van der Waals surface area contributed by atoms with Crippen LogP contribution in [0.3, 0.4) is 0 Å². The number of para-hydroxylation sites is 1. The number of anilines is 1. The smallest absolute Gasteiger partial charge is 0.263 e. The van der Waals surface area contributed by atoms with Crippen LogP contribution in [0.5, 0.6) is 0 Å². The molecule has 1 atom stereocenters. The summed E-state index contributed by atoms with van der Waals surface area (Å²) in [5.41, 5.74) is -0.238. The molecule has 1 aliphatic rings. The highest BCUT2D eigenvalue weighted by molar-refractivity contribution is 7.92. The second kappa shape index (κ2) is 8.24. The molecule has 1 fully saturated rings. The van der Waals surface area contributed by atoms with Gasteiger partial charge in [0.25, 0.3) is 15.9 Å². The van der Waals surface area contributed by atoms with Gasteiger partial charge in [0.15, 0.2) is 0 Å². The summed E-state index contributed by atoms with van der Waals surface area (Å²) in [5.74, 6) is -1.17. The number of hydrogen-bond donors (Lipinski definition) is 1. The number of hydrogen-bond acceptors (Lipinski definition) is 4. The number of nitrogens with one attached hydrogen (secondary N) is 1. The molecule has 2 aromatic carbocycles. The first-order valence-electron chi connectivity index (χ1n) is 8.36. The standard InChI is InChI=1S/C18H17Cl2FN2O4S/c1-11-10-23(6-7-27-11)18(24)12-8-17(14(20)9-13(12)19)28(25,26)22-16-5-3-2-4-15(16)21/h2-5,8-9,11,22H,6-7,10H2,1H3/t11-/m0/s1. The average Bonchev–Trinajstić information content (AvgIpc) is 2.63. The molecule has 2 aromatic rings. The van der Waals surface area contributed by atoms with Crippen LogP contribution in [-0.2, 0) is 14.8 Å². The predicted molar refractivity (Wildman–Crippen MR) is 105 cm³/mol. The lowest BCUT2D eigenvalue weighted by atomic mass is 10.1. The van der Waals surface area contributed by atoms with Crippen molar-refractivity contribution >= 4 is 44.8 Å². The van der Waals surface area contributed by atoms with Crippen molar-refractivity contribution in [1.29, 1.82) is 0 Å². The van der Waals surface area contributed by atoms with E-state index in [0.29, 0.717) is 19.7 Å². The van der Waals surface area contributed by atoms with E-state index in [1.165, 1.54) is 29.2 Å². The first-order valence-corrected chi connectivity index (χ1v) is 10.6. The number of ether oxygens (including phenoxy) is 1. The van der Waals surface area contributed by atoms with Gasteiger partial charge in [-0.15, -0.1) is 0 Å². The predicted octanol–water partition coefficient (Wildman–Crippen LogP) is 3.79. The number of morpholine rings is 1. The van der Waals surface area contributed by atoms with E-state index in [9.17, 15) is 17.6 Å². The maximum absolute atomic E-state index is 13.8. The van der Waals surface area contributed by atoms with Crippen LogP contribution in [0.25, 0.3) is 0 Å². The first kappa shape index (κ1) is 20.9. The lowest BCUT2D eigenvalue weighted by molar-refractivity contribution is -0.0124. The Morgan fingerprint density at radius 3 is 2.64 bits per heavy atom. The number of carbonyl (C=O) groups excluding carboxylic acids is 1. The zero-order valence-corrected chi connectivity index (χ0v) is 17.1. The summed E-state index contributed by atoms with van der Waals surface area (Å²) in [7, 11) is -4.26. The minimum Gasteiger partial charge on any atom is -0.375 e. The molecule has 150 valence electrons. The molecule has 0 aliphatic carbocycles. The molecule has 1 aliphatic heterocycles. The van der Waals surface area contributed by atoms with Gasteiger partial charge in [-0.25, -0.2) is 12.8 Å². The molecular weight excluding hydrogens is 430 g/mol. The highest BCUT2D eigenvalue weighted by Crippen LogP contribution is 2.31. The lowest BCUT2D eigenvalue weighted by Crippen LogP contribution is -2.44. The zero-order chi connectivity index (χ0) is 20.5. The third-order valence-electron chi connectivity index (χ3n) is 4.19. The number of halogens is 3. The van der Waals surface area contributed by atoms with Gasteiger partial charge in [0.05, 0.1) is 34.0 Å². The van der Waals surface area contributed by atoms with Crippen LogP contribution in [0.15, 0.2) is 41.3 Å². The fraction of sp³-hybridized carbons (Fsp3) is 0.278. The Balaban J connectivity index is 1.97. The Labute approximate surface area is 172 Å². The van der Waals surface area contributed by atoms with Gasteiger partial charge in [-0.1, -0.05) is 35.3 Å². The van der Waals surface area contributed by atoms with Gasteiger partial charge in [0, 0.05) is 13.1 Å². The Bertz CT molecular complexity index is 1020. The molecule has 0 aromatic heterocycles. The Morgan fingerprint density at radius 2 is 1.96 bits per heavy atom. The molecular formula is C18H17Cl2FN2O4S. The van der Waals surface area contributed by atoms with E-state index in [2.05, 4.69) is 4.72 Å². The van der Waals surface area contributed by atoms with Crippen molar-refractivity contribution in [2.24, 2.45) is 0 Å². The van der Waals surface area contributed by atoms with Crippen molar-refractivity contribution in [3.8, 4) is 0 Å². The summed E-state index contributed by atoms with van der Waals surface area (Å²) < 4.78 is 46.9. The average molecular weight is 447 g/mol. The number of rotatable bonds is 4. The van der Waals surface area contributed by atoms with Gasteiger partial charge >= 0.3 is 0 Å². The molecule has 28 heavy (non-hydrogen) atoms. The molecule has 0 spiro atoms. The van der Waals surface area contributed by atoms with Gasteiger partial charge in [0.2, 0.25) is 0 Å². The molecule has 1 saturated heterocycles. The van der Waals surface area contributed by atoms with E-state index in [1.54, 1.807) is 0 Å². The highest BCUT2D eigenvalue weighted by Gasteiger charge is 2.28. The largest absolute Gasteiger partial charge is 0.375 e. The number of amides is 1. The fourth-order valence-corrected chi connectivity index (χ4v) is 4.74. The minimum absolute atomic E-state index is 0.00549. The normalized spacial score (nSPS) is 17.4. The van der Waals surface area contributed by atoms with Crippen LogP contribution in [0.2, 0.25) is 10.0 Å². The summed E-state index contributed by atoms with van der Waals surface area (Å²) in [4.78, 5) is 14.0. The van der Waals surface area contributed by atoms with E-state index in [1.807, 2.05) is 6.92 Å². The summed E-state index contributed by atoms with van der Waals surface area (Å²) in [6.07, 6.45) is -0.144. The van der Waals surface area contributed by atoms with Crippen molar-refractivity contribution < 1.29 is 22.3 Å². The van der Waals surface area contributed by atoms with Gasteiger partial charge in [-0.2, -0.15) is 0 Å². The van der Waals surface area contributed by atoms with E-state index in [4.69, 9.17) is 27.9 Å². The summed E-state index contributed by atoms with van der Waals surface area (Å²) >= 11 is 12.2. The van der Waals surface area contributed by atoms with Crippen LogP contribution in [0, 0.1) is 5.82 Å². The SMILES string of the molecule is C[C@H]1CN(C(=O)c2cc(S(=O)(=O)Nc3ccccc3F)c(Cl)cc2Cl)CCO1. The van der Waals surface area contributed by atoms with Gasteiger partial charge < -0.3 is 9.64 Å². The summed E-state index contributed by atoms with van der Waals surface area (Å²) in [5, 5.41) is -0.153. The van der Waals surface area contributed by atoms with Gasteiger partial charge in [0.1, 0.15) is 10.7 Å². The van der Waals surface area contributed by atoms with Crippen molar-refractivity contribution in [2.45, 2.75) is 17.9 Å². The molecule has 0 radical (unpaired) electrons.